The summed E-state index contributed by atoms with van der Waals surface area (Å²) >= 11 is 5.98. The second-order valence-corrected chi connectivity index (χ2v) is 6.33. The van der Waals surface area contributed by atoms with Gasteiger partial charge in [0.1, 0.15) is 18.2 Å². The van der Waals surface area contributed by atoms with Gasteiger partial charge in [0, 0.05) is 0 Å². The summed E-state index contributed by atoms with van der Waals surface area (Å²) < 4.78 is 24.0. The number of esters is 1. The van der Waals surface area contributed by atoms with E-state index in [1.165, 1.54) is 12.1 Å². The van der Waals surface area contributed by atoms with E-state index in [1.54, 1.807) is 31.2 Å². The number of halogens is 2. The molecule has 28 heavy (non-hydrogen) atoms. The van der Waals surface area contributed by atoms with E-state index >= 15 is 0 Å². The van der Waals surface area contributed by atoms with Gasteiger partial charge in [-0.25, -0.2) is 14.0 Å². The summed E-state index contributed by atoms with van der Waals surface area (Å²) in [4.78, 5) is 24.8. The first-order chi connectivity index (χ1) is 13.5. The van der Waals surface area contributed by atoms with Gasteiger partial charge in [-0.05, 0) is 30.7 Å². The van der Waals surface area contributed by atoms with Gasteiger partial charge in [0.2, 0.25) is 0 Å². The molecule has 0 fully saturated rings. The minimum atomic E-state index is -0.698. The lowest BCUT2D eigenvalue weighted by atomic mass is 9.95. The molecule has 0 radical (unpaired) electrons. The number of amides is 2. The number of rotatable bonds is 6. The number of urea groups is 1. The van der Waals surface area contributed by atoms with Gasteiger partial charge in [0.15, 0.2) is 0 Å². The van der Waals surface area contributed by atoms with Crippen molar-refractivity contribution in [3.63, 3.8) is 0 Å². The SMILES string of the molecule is CCOC(=O)C1=C(COc2ccc(F)cc2Cl)NC(=O)NC1c1ccccc1. The zero-order chi connectivity index (χ0) is 20.1. The highest BCUT2D eigenvalue weighted by molar-refractivity contribution is 6.32. The average molecular weight is 405 g/mol. The maximum absolute atomic E-state index is 13.2. The Hall–Kier alpha value is -3.06. The average Bonchev–Trinajstić information content (AvgIpc) is 2.67. The minimum Gasteiger partial charge on any atom is -0.486 e. The van der Waals surface area contributed by atoms with Crippen molar-refractivity contribution in [2.45, 2.75) is 13.0 Å². The number of benzene rings is 2. The second kappa shape index (κ2) is 8.75. The summed E-state index contributed by atoms with van der Waals surface area (Å²) in [5.41, 5.74) is 1.19. The smallest absolute Gasteiger partial charge is 0.338 e. The first-order valence-electron chi connectivity index (χ1n) is 8.60. The normalized spacial score (nSPS) is 16.2. The highest BCUT2D eigenvalue weighted by Gasteiger charge is 2.33. The molecule has 3 rings (SSSR count). The third-order valence-corrected chi connectivity index (χ3v) is 4.34. The summed E-state index contributed by atoms with van der Waals surface area (Å²) in [6, 6.07) is 11.6. The molecule has 2 aromatic carbocycles. The molecular weight excluding hydrogens is 387 g/mol. The molecule has 0 aliphatic carbocycles. The van der Waals surface area contributed by atoms with Crippen molar-refractivity contribution in [2.24, 2.45) is 0 Å². The van der Waals surface area contributed by atoms with Crippen molar-refractivity contribution in [1.82, 2.24) is 10.6 Å². The van der Waals surface area contributed by atoms with E-state index in [4.69, 9.17) is 21.1 Å². The predicted octanol–water partition coefficient (Wildman–Crippen LogP) is 3.73. The quantitative estimate of drug-likeness (QED) is 0.719. The Balaban J connectivity index is 1.96. The van der Waals surface area contributed by atoms with Crippen LogP contribution in [0, 0.1) is 5.82 Å². The van der Waals surface area contributed by atoms with Crippen molar-refractivity contribution in [3.8, 4) is 5.75 Å². The van der Waals surface area contributed by atoms with E-state index in [2.05, 4.69) is 10.6 Å². The van der Waals surface area contributed by atoms with Crippen LogP contribution in [0.3, 0.4) is 0 Å². The summed E-state index contributed by atoms with van der Waals surface area (Å²) in [5, 5.41) is 5.40. The predicted molar refractivity (Wildman–Crippen MR) is 101 cm³/mol. The molecule has 1 aliphatic rings. The van der Waals surface area contributed by atoms with Crippen LogP contribution < -0.4 is 15.4 Å². The van der Waals surface area contributed by atoms with Gasteiger partial charge in [-0.2, -0.15) is 0 Å². The van der Waals surface area contributed by atoms with E-state index in [-0.39, 0.29) is 35.3 Å². The van der Waals surface area contributed by atoms with Crippen LogP contribution in [0.2, 0.25) is 5.02 Å². The summed E-state index contributed by atoms with van der Waals surface area (Å²) in [6.07, 6.45) is 0. The summed E-state index contributed by atoms with van der Waals surface area (Å²) in [7, 11) is 0. The van der Waals surface area contributed by atoms with Crippen LogP contribution in [0.5, 0.6) is 5.75 Å². The van der Waals surface area contributed by atoms with E-state index in [0.29, 0.717) is 0 Å². The molecular formula is C20H18ClFN2O4. The molecule has 1 aliphatic heterocycles. The largest absolute Gasteiger partial charge is 0.486 e. The molecule has 0 bridgehead atoms. The highest BCUT2D eigenvalue weighted by Crippen LogP contribution is 2.29. The van der Waals surface area contributed by atoms with Crippen molar-refractivity contribution in [1.29, 1.82) is 0 Å². The molecule has 146 valence electrons. The molecule has 0 spiro atoms. The fraction of sp³-hybridized carbons (Fsp3) is 0.200. The van der Waals surface area contributed by atoms with Gasteiger partial charge < -0.3 is 20.1 Å². The van der Waals surface area contributed by atoms with E-state index < -0.39 is 23.9 Å². The van der Waals surface area contributed by atoms with Crippen LogP contribution in [-0.2, 0) is 9.53 Å². The Morgan fingerprint density at radius 3 is 2.64 bits per heavy atom. The van der Waals surface area contributed by atoms with Crippen LogP contribution in [0.1, 0.15) is 18.5 Å². The van der Waals surface area contributed by atoms with Gasteiger partial charge >= 0.3 is 12.0 Å². The molecule has 0 saturated heterocycles. The topological polar surface area (TPSA) is 76.7 Å². The van der Waals surface area contributed by atoms with Crippen LogP contribution in [0.4, 0.5) is 9.18 Å². The number of carbonyl (C=O) groups is 2. The summed E-state index contributed by atoms with van der Waals surface area (Å²) in [6.45, 7) is 1.71. The number of hydrogen-bond acceptors (Lipinski definition) is 4. The van der Waals surface area contributed by atoms with Gasteiger partial charge in [0.25, 0.3) is 0 Å². The first-order valence-corrected chi connectivity index (χ1v) is 8.98. The Morgan fingerprint density at radius 1 is 1.21 bits per heavy atom. The molecule has 0 saturated carbocycles. The number of hydrogen-bond donors (Lipinski definition) is 2. The van der Waals surface area contributed by atoms with Crippen molar-refractivity contribution in [3.05, 3.63) is 76.2 Å². The third kappa shape index (κ3) is 4.43. The van der Waals surface area contributed by atoms with Gasteiger partial charge in [0.05, 0.1) is 28.9 Å². The number of nitrogens with one attached hydrogen (secondary N) is 2. The third-order valence-electron chi connectivity index (χ3n) is 4.05. The molecule has 2 N–H and O–H groups in total. The molecule has 1 atom stereocenters. The van der Waals surface area contributed by atoms with E-state index in [0.717, 1.165) is 11.6 Å². The molecule has 6 nitrogen and oxygen atoms in total. The maximum atomic E-state index is 13.2. The molecule has 8 heteroatoms. The Kier molecular flexibility index (Phi) is 6.16. The van der Waals surface area contributed by atoms with E-state index in [1.807, 2.05) is 6.07 Å². The lowest BCUT2D eigenvalue weighted by Crippen LogP contribution is -2.47. The van der Waals surface area contributed by atoms with Crippen molar-refractivity contribution in [2.75, 3.05) is 13.2 Å². The standard InChI is InChI=1S/C20H18ClFN2O4/c1-2-27-19(25)17-15(11-28-16-9-8-13(22)10-14(16)21)23-20(26)24-18(17)12-6-4-3-5-7-12/h3-10,18H,2,11H2,1H3,(H2,23,24,26). The Bertz CT molecular complexity index is 918. The lowest BCUT2D eigenvalue weighted by Gasteiger charge is -2.29. The molecule has 0 aromatic heterocycles. The minimum absolute atomic E-state index is 0.0816. The summed E-state index contributed by atoms with van der Waals surface area (Å²) in [5.74, 6) is -0.849. The highest BCUT2D eigenvalue weighted by atomic mass is 35.5. The van der Waals surface area contributed by atoms with Gasteiger partial charge in [-0.3, -0.25) is 0 Å². The maximum Gasteiger partial charge on any atom is 0.338 e. The van der Waals surface area contributed by atoms with E-state index in [9.17, 15) is 14.0 Å². The second-order valence-electron chi connectivity index (χ2n) is 5.92. The van der Waals surface area contributed by atoms with Crippen LogP contribution in [-0.4, -0.2) is 25.2 Å². The Morgan fingerprint density at radius 2 is 1.96 bits per heavy atom. The van der Waals surface area contributed by atoms with Gasteiger partial charge in [-0.15, -0.1) is 0 Å². The van der Waals surface area contributed by atoms with Crippen LogP contribution in [0.15, 0.2) is 59.8 Å². The monoisotopic (exact) mass is 404 g/mol. The van der Waals surface area contributed by atoms with Crippen LogP contribution >= 0.6 is 11.6 Å². The molecule has 2 aromatic rings. The zero-order valence-electron chi connectivity index (χ0n) is 15.0. The van der Waals surface area contributed by atoms with Crippen molar-refractivity contribution >= 4 is 23.6 Å². The number of ether oxygens (including phenoxy) is 2. The Labute approximate surface area is 166 Å². The lowest BCUT2D eigenvalue weighted by molar-refractivity contribution is -0.139. The molecule has 2 amide bonds. The zero-order valence-corrected chi connectivity index (χ0v) is 15.8. The molecule has 1 unspecified atom stereocenters. The molecule has 1 heterocycles. The fourth-order valence-electron chi connectivity index (χ4n) is 2.82. The number of carbonyl (C=O) groups excluding carboxylic acids is 2. The fourth-order valence-corrected chi connectivity index (χ4v) is 3.04. The van der Waals surface area contributed by atoms with Gasteiger partial charge in [-0.1, -0.05) is 41.9 Å². The van der Waals surface area contributed by atoms with Crippen molar-refractivity contribution < 1.29 is 23.5 Å². The van der Waals surface area contributed by atoms with Crippen LogP contribution in [0.25, 0.3) is 0 Å². The first kappa shape index (κ1) is 19.7.